The number of aromatic nitrogens is 2. The predicted octanol–water partition coefficient (Wildman–Crippen LogP) is 1.78. The number of aryl methyl sites for hydroxylation is 1. The van der Waals surface area contributed by atoms with Crippen LogP contribution in [0.1, 0.15) is 49.5 Å². The van der Waals surface area contributed by atoms with E-state index in [1.54, 1.807) is 29.7 Å². The summed E-state index contributed by atoms with van der Waals surface area (Å²) in [6.45, 7) is 4.85. The van der Waals surface area contributed by atoms with Crippen LogP contribution in [0, 0.1) is 5.92 Å². The molecule has 0 N–H and O–H groups in total. The summed E-state index contributed by atoms with van der Waals surface area (Å²) < 4.78 is 7.92. The fourth-order valence-electron chi connectivity index (χ4n) is 4.01. The van der Waals surface area contributed by atoms with Crippen LogP contribution < -0.4 is 0 Å². The molecule has 1 aromatic rings. The first-order valence-electron chi connectivity index (χ1n) is 9.59. The van der Waals surface area contributed by atoms with Gasteiger partial charge in [0, 0.05) is 53.0 Å². The Morgan fingerprint density at radius 2 is 2.08 bits per heavy atom. The Bertz CT molecular complexity index is 647. The third kappa shape index (κ3) is 4.09. The molecule has 2 saturated heterocycles. The Hall–Kier alpha value is -1.89. The molecule has 1 spiro atoms. The molecule has 1 aromatic heterocycles. The molecular weight excluding hydrogens is 332 g/mol. The van der Waals surface area contributed by atoms with Gasteiger partial charge in [-0.25, -0.2) is 0 Å². The summed E-state index contributed by atoms with van der Waals surface area (Å²) in [7, 11) is 3.61. The van der Waals surface area contributed by atoms with Gasteiger partial charge in [0.05, 0.1) is 5.60 Å². The molecule has 26 heavy (non-hydrogen) atoms. The van der Waals surface area contributed by atoms with E-state index in [1.807, 2.05) is 18.0 Å². The highest BCUT2D eigenvalue weighted by atomic mass is 16.5. The van der Waals surface area contributed by atoms with Gasteiger partial charge in [0.15, 0.2) is 0 Å². The van der Waals surface area contributed by atoms with E-state index in [2.05, 4.69) is 5.10 Å². The Morgan fingerprint density at radius 1 is 1.35 bits per heavy atom. The van der Waals surface area contributed by atoms with Crippen molar-refractivity contribution >= 4 is 11.8 Å². The molecule has 0 aliphatic carbocycles. The van der Waals surface area contributed by atoms with E-state index in [4.69, 9.17) is 4.74 Å². The second-order valence-electron chi connectivity index (χ2n) is 7.73. The van der Waals surface area contributed by atoms with Crippen molar-refractivity contribution in [2.75, 3.05) is 33.8 Å². The number of hydrogen-bond acceptors (Lipinski definition) is 4. The monoisotopic (exact) mass is 362 g/mol. The van der Waals surface area contributed by atoms with Gasteiger partial charge in [0.2, 0.25) is 5.91 Å². The van der Waals surface area contributed by atoms with E-state index in [9.17, 15) is 9.59 Å². The highest BCUT2D eigenvalue weighted by molar-refractivity contribution is 5.92. The lowest BCUT2D eigenvalue weighted by Crippen LogP contribution is -2.51. The van der Waals surface area contributed by atoms with Crippen LogP contribution >= 0.6 is 0 Å². The van der Waals surface area contributed by atoms with E-state index in [1.165, 1.54) is 0 Å². The highest BCUT2D eigenvalue weighted by Crippen LogP contribution is 2.39. The average molecular weight is 362 g/mol. The molecule has 3 heterocycles. The van der Waals surface area contributed by atoms with Crippen LogP contribution in [0.15, 0.2) is 12.3 Å². The first kappa shape index (κ1) is 18.9. The van der Waals surface area contributed by atoms with Crippen LogP contribution in [0.25, 0.3) is 0 Å². The van der Waals surface area contributed by atoms with Crippen molar-refractivity contribution in [3.8, 4) is 0 Å². The summed E-state index contributed by atoms with van der Waals surface area (Å²) in [5.41, 5.74) is 0.344. The van der Waals surface area contributed by atoms with Gasteiger partial charge >= 0.3 is 0 Å². The summed E-state index contributed by atoms with van der Waals surface area (Å²) in [5.74, 6) is 0.564. The zero-order valence-corrected chi connectivity index (χ0v) is 16.1. The molecule has 1 atom stereocenters. The molecule has 7 nitrogen and oxygen atoms in total. The van der Waals surface area contributed by atoms with Crippen LogP contribution in [0.5, 0.6) is 0 Å². The van der Waals surface area contributed by atoms with Crippen LogP contribution in [0.2, 0.25) is 0 Å². The van der Waals surface area contributed by atoms with E-state index >= 15 is 0 Å². The largest absolute Gasteiger partial charge is 0.375 e. The minimum atomic E-state index is -0.172. The summed E-state index contributed by atoms with van der Waals surface area (Å²) in [5, 5.41) is 4.32. The first-order chi connectivity index (χ1) is 12.4. The van der Waals surface area contributed by atoms with Crippen LogP contribution in [-0.2, 0) is 16.1 Å². The molecule has 0 bridgehead atoms. The lowest BCUT2D eigenvalue weighted by atomic mass is 9.78. The fraction of sp³-hybridized carbons (Fsp3) is 0.737. The van der Waals surface area contributed by atoms with E-state index in [0.29, 0.717) is 37.7 Å². The van der Waals surface area contributed by atoms with Gasteiger partial charge in [-0.1, -0.05) is 0 Å². The van der Waals surface area contributed by atoms with E-state index in [0.717, 1.165) is 32.2 Å². The quantitative estimate of drug-likeness (QED) is 0.819. The summed E-state index contributed by atoms with van der Waals surface area (Å²) in [4.78, 5) is 28.2. The standard InChI is InChI=1S/C19H30N4O3/c1-4-23-9-5-16(20-23)18(25)22-10-7-19(8-11-22)14-15(6-12-26-19)13-17(24)21(2)3/h5,9,15H,4,6-8,10-14H2,1-3H3. The molecule has 1 unspecified atom stereocenters. The van der Waals surface area contributed by atoms with Crippen molar-refractivity contribution in [3.05, 3.63) is 18.0 Å². The smallest absolute Gasteiger partial charge is 0.274 e. The van der Waals surface area contributed by atoms with Crippen LogP contribution in [0.4, 0.5) is 0 Å². The lowest BCUT2D eigenvalue weighted by Gasteiger charge is -2.46. The molecule has 2 fully saturated rings. The fourth-order valence-corrected chi connectivity index (χ4v) is 4.01. The van der Waals surface area contributed by atoms with E-state index in [-0.39, 0.29) is 17.4 Å². The van der Waals surface area contributed by atoms with Gasteiger partial charge in [-0.3, -0.25) is 14.3 Å². The zero-order chi connectivity index (χ0) is 18.7. The lowest BCUT2D eigenvalue weighted by molar-refractivity contribution is -0.139. The predicted molar refractivity (Wildman–Crippen MR) is 97.8 cm³/mol. The van der Waals surface area contributed by atoms with Crippen molar-refractivity contribution in [2.24, 2.45) is 5.92 Å². The number of likely N-dealkylation sites (tertiary alicyclic amines) is 1. The number of carbonyl (C=O) groups excluding carboxylic acids is 2. The Balaban J connectivity index is 1.56. The molecular formula is C19H30N4O3. The molecule has 0 radical (unpaired) electrons. The van der Waals surface area contributed by atoms with Crippen molar-refractivity contribution in [1.29, 1.82) is 0 Å². The molecule has 3 rings (SSSR count). The zero-order valence-electron chi connectivity index (χ0n) is 16.1. The van der Waals surface area contributed by atoms with Crippen molar-refractivity contribution < 1.29 is 14.3 Å². The van der Waals surface area contributed by atoms with Gasteiger partial charge in [-0.15, -0.1) is 0 Å². The molecule has 2 amide bonds. The molecule has 144 valence electrons. The van der Waals surface area contributed by atoms with Gasteiger partial charge in [0.1, 0.15) is 5.69 Å². The van der Waals surface area contributed by atoms with Gasteiger partial charge in [-0.05, 0) is 44.6 Å². The number of hydrogen-bond donors (Lipinski definition) is 0. The van der Waals surface area contributed by atoms with Crippen LogP contribution in [-0.4, -0.2) is 70.8 Å². The number of nitrogens with zero attached hydrogens (tertiary/aromatic N) is 4. The third-order valence-corrected chi connectivity index (χ3v) is 5.70. The first-order valence-corrected chi connectivity index (χ1v) is 9.59. The summed E-state index contributed by atoms with van der Waals surface area (Å²) in [6.07, 6.45) is 5.96. The van der Waals surface area contributed by atoms with Crippen molar-refractivity contribution in [1.82, 2.24) is 19.6 Å². The maximum absolute atomic E-state index is 12.6. The average Bonchev–Trinajstić information content (AvgIpc) is 3.11. The molecule has 2 aliphatic rings. The molecule has 7 heteroatoms. The normalized spacial score (nSPS) is 22.4. The number of rotatable bonds is 4. The molecule has 0 aromatic carbocycles. The SMILES string of the molecule is CCn1ccc(C(=O)N2CCC3(CC2)CC(CC(=O)N(C)C)CCO3)n1. The van der Waals surface area contributed by atoms with Crippen LogP contribution in [0.3, 0.4) is 0 Å². The Morgan fingerprint density at radius 3 is 2.69 bits per heavy atom. The summed E-state index contributed by atoms with van der Waals surface area (Å²) in [6, 6.07) is 1.79. The molecule has 0 saturated carbocycles. The maximum Gasteiger partial charge on any atom is 0.274 e. The number of carbonyl (C=O) groups is 2. The Kier molecular flexibility index (Phi) is 5.65. The minimum absolute atomic E-state index is 0.00203. The molecule has 2 aliphatic heterocycles. The topological polar surface area (TPSA) is 67.7 Å². The number of amides is 2. The third-order valence-electron chi connectivity index (χ3n) is 5.70. The maximum atomic E-state index is 12.6. The second kappa shape index (κ2) is 7.78. The van der Waals surface area contributed by atoms with Crippen molar-refractivity contribution in [2.45, 2.75) is 51.2 Å². The van der Waals surface area contributed by atoms with Gasteiger partial charge in [-0.2, -0.15) is 5.10 Å². The Labute approximate surface area is 155 Å². The van der Waals surface area contributed by atoms with Crippen molar-refractivity contribution in [3.63, 3.8) is 0 Å². The van der Waals surface area contributed by atoms with E-state index < -0.39 is 0 Å². The number of piperidine rings is 1. The number of ether oxygens (including phenoxy) is 1. The second-order valence-corrected chi connectivity index (χ2v) is 7.73. The van der Waals surface area contributed by atoms with Gasteiger partial charge < -0.3 is 14.5 Å². The summed E-state index contributed by atoms with van der Waals surface area (Å²) >= 11 is 0. The minimum Gasteiger partial charge on any atom is -0.375 e. The highest BCUT2D eigenvalue weighted by Gasteiger charge is 2.41. The van der Waals surface area contributed by atoms with Gasteiger partial charge in [0.25, 0.3) is 5.91 Å².